The van der Waals surface area contributed by atoms with Crippen molar-refractivity contribution in [3.63, 3.8) is 0 Å². The molecule has 1 unspecified atom stereocenters. The smallest absolute Gasteiger partial charge is 0.129 e. The Labute approximate surface area is 137 Å². The molecular weight excluding hydrogens is 288 g/mol. The maximum atomic E-state index is 5.57. The molecule has 2 aromatic rings. The third kappa shape index (κ3) is 2.65. The minimum Gasteiger partial charge on any atom is -0.497 e. The van der Waals surface area contributed by atoms with E-state index in [4.69, 9.17) is 14.5 Å². The first-order valence-corrected chi connectivity index (χ1v) is 8.48. The molecule has 0 bridgehead atoms. The van der Waals surface area contributed by atoms with Gasteiger partial charge in [-0.15, -0.1) is 0 Å². The van der Waals surface area contributed by atoms with E-state index in [1.54, 1.807) is 7.11 Å². The zero-order chi connectivity index (χ0) is 15.9. The van der Waals surface area contributed by atoms with Crippen molar-refractivity contribution >= 4 is 16.7 Å². The second-order valence-corrected chi connectivity index (χ2v) is 7.02. The van der Waals surface area contributed by atoms with E-state index < -0.39 is 0 Å². The third-order valence-corrected chi connectivity index (χ3v) is 5.50. The van der Waals surface area contributed by atoms with E-state index >= 15 is 0 Å². The molecule has 1 aromatic heterocycles. The lowest BCUT2D eigenvalue weighted by Crippen LogP contribution is -2.33. The van der Waals surface area contributed by atoms with Gasteiger partial charge in [-0.25, -0.2) is 4.98 Å². The second kappa shape index (κ2) is 5.68. The van der Waals surface area contributed by atoms with Gasteiger partial charge in [0.1, 0.15) is 11.6 Å². The van der Waals surface area contributed by atoms with Crippen molar-refractivity contribution in [2.24, 2.45) is 5.41 Å². The van der Waals surface area contributed by atoms with Crippen LogP contribution in [0.25, 0.3) is 10.9 Å². The Kier molecular flexibility index (Phi) is 3.64. The maximum Gasteiger partial charge on any atom is 0.129 e. The predicted octanol–water partition coefficient (Wildman–Crippen LogP) is 3.64. The molecule has 4 rings (SSSR count). The first-order chi connectivity index (χ1) is 11.2. The highest BCUT2D eigenvalue weighted by Gasteiger charge is 2.43. The van der Waals surface area contributed by atoms with Crippen LogP contribution in [0.15, 0.2) is 30.3 Å². The Balaban J connectivity index is 1.65. The van der Waals surface area contributed by atoms with Crippen molar-refractivity contribution in [3.8, 4) is 5.75 Å². The summed E-state index contributed by atoms with van der Waals surface area (Å²) in [5.74, 6) is 1.94. The lowest BCUT2D eigenvalue weighted by atomic mass is 9.78. The van der Waals surface area contributed by atoms with Crippen LogP contribution in [0, 0.1) is 5.41 Å². The Morgan fingerprint density at radius 3 is 2.78 bits per heavy atom. The largest absolute Gasteiger partial charge is 0.497 e. The molecule has 2 aliphatic heterocycles. The molecular formula is C19H24N2O2. The van der Waals surface area contributed by atoms with Gasteiger partial charge in [0.15, 0.2) is 0 Å². The lowest BCUT2D eigenvalue weighted by Gasteiger charge is -2.33. The van der Waals surface area contributed by atoms with Crippen LogP contribution in [0.2, 0.25) is 0 Å². The number of hydrogen-bond acceptors (Lipinski definition) is 4. The number of aromatic nitrogens is 1. The zero-order valence-electron chi connectivity index (χ0n) is 13.9. The van der Waals surface area contributed by atoms with Crippen LogP contribution >= 0.6 is 0 Å². The summed E-state index contributed by atoms with van der Waals surface area (Å²) in [6, 6.07) is 10.9. The molecule has 0 radical (unpaired) electrons. The normalized spacial score (nSPS) is 23.6. The molecule has 0 saturated carbocycles. The summed E-state index contributed by atoms with van der Waals surface area (Å²) in [6.45, 7) is 5.23. The van der Waals surface area contributed by atoms with Crippen molar-refractivity contribution in [1.82, 2.24) is 4.98 Å². The van der Waals surface area contributed by atoms with E-state index in [9.17, 15) is 0 Å². The van der Waals surface area contributed by atoms with E-state index in [-0.39, 0.29) is 0 Å². The monoisotopic (exact) mass is 312 g/mol. The van der Waals surface area contributed by atoms with Gasteiger partial charge in [0.25, 0.3) is 0 Å². The van der Waals surface area contributed by atoms with Crippen LogP contribution in [0.4, 0.5) is 5.82 Å². The van der Waals surface area contributed by atoms with Crippen LogP contribution in [0.3, 0.4) is 0 Å². The Hall–Kier alpha value is -1.81. The van der Waals surface area contributed by atoms with Crippen molar-refractivity contribution in [1.29, 1.82) is 0 Å². The van der Waals surface area contributed by atoms with Crippen LogP contribution in [-0.2, 0) is 4.74 Å². The van der Waals surface area contributed by atoms with Crippen LogP contribution in [0.1, 0.15) is 26.2 Å². The van der Waals surface area contributed by atoms with E-state index in [1.165, 1.54) is 19.3 Å². The fraction of sp³-hybridized carbons (Fsp3) is 0.526. The SMILES string of the molecule is COc1ccc2ccc(N3CC4(CCOCC4)CC3C)nc2c1. The first kappa shape index (κ1) is 14.8. The average Bonchev–Trinajstić information content (AvgIpc) is 2.90. The van der Waals surface area contributed by atoms with E-state index in [2.05, 4.69) is 30.0 Å². The molecule has 122 valence electrons. The fourth-order valence-corrected chi connectivity index (χ4v) is 4.17. The third-order valence-electron chi connectivity index (χ3n) is 5.50. The van der Waals surface area contributed by atoms with Gasteiger partial charge in [-0.1, -0.05) is 0 Å². The molecule has 2 fully saturated rings. The predicted molar refractivity (Wildman–Crippen MR) is 92.2 cm³/mol. The highest BCUT2D eigenvalue weighted by atomic mass is 16.5. The van der Waals surface area contributed by atoms with E-state index in [0.29, 0.717) is 11.5 Å². The molecule has 0 aliphatic carbocycles. The average molecular weight is 312 g/mol. The Morgan fingerprint density at radius 1 is 1.22 bits per heavy atom. The molecule has 3 heterocycles. The van der Waals surface area contributed by atoms with Crippen LogP contribution in [0.5, 0.6) is 5.75 Å². The number of fused-ring (bicyclic) bond motifs is 1. The first-order valence-electron chi connectivity index (χ1n) is 8.48. The number of anilines is 1. The Bertz CT molecular complexity index is 710. The van der Waals surface area contributed by atoms with Crippen molar-refractivity contribution in [2.45, 2.75) is 32.2 Å². The Morgan fingerprint density at radius 2 is 2.00 bits per heavy atom. The summed E-state index contributed by atoms with van der Waals surface area (Å²) in [4.78, 5) is 7.39. The summed E-state index contributed by atoms with van der Waals surface area (Å²) in [5.41, 5.74) is 1.42. The zero-order valence-corrected chi connectivity index (χ0v) is 13.9. The molecule has 0 N–H and O–H groups in total. The van der Waals surface area contributed by atoms with Gasteiger partial charge in [0, 0.05) is 37.3 Å². The summed E-state index contributed by atoms with van der Waals surface area (Å²) < 4.78 is 10.9. The quantitative estimate of drug-likeness (QED) is 0.848. The van der Waals surface area contributed by atoms with Gasteiger partial charge >= 0.3 is 0 Å². The molecule has 4 nitrogen and oxygen atoms in total. The minimum atomic E-state index is 0.419. The number of nitrogens with zero attached hydrogens (tertiary/aromatic N) is 2. The fourth-order valence-electron chi connectivity index (χ4n) is 4.17. The van der Waals surface area contributed by atoms with Gasteiger partial charge in [0.2, 0.25) is 0 Å². The summed E-state index contributed by atoms with van der Waals surface area (Å²) in [5, 5.41) is 1.15. The highest BCUT2D eigenvalue weighted by Crippen LogP contribution is 2.44. The molecule has 0 amide bonds. The summed E-state index contributed by atoms with van der Waals surface area (Å²) in [6.07, 6.45) is 3.60. The molecule has 1 aromatic carbocycles. The number of ether oxygens (including phenoxy) is 2. The molecule has 2 saturated heterocycles. The number of methoxy groups -OCH3 is 1. The maximum absolute atomic E-state index is 5.57. The van der Waals surface area contributed by atoms with E-state index in [0.717, 1.165) is 42.2 Å². The molecule has 4 heteroatoms. The minimum absolute atomic E-state index is 0.419. The van der Waals surface area contributed by atoms with Gasteiger partial charge in [0.05, 0.1) is 12.6 Å². The van der Waals surface area contributed by atoms with Crippen molar-refractivity contribution in [3.05, 3.63) is 30.3 Å². The number of rotatable bonds is 2. The number of hydrogen-bond donors (Lipinski definition) is 0. The topological polar surface area (TPSA) is 34.6 Å². The van der Waals surface area contributed by atoms with Crippen molar-refractivity contribution < 1.29 is 9.47 Å². The second-order valence-electron chi connectivity index (χ2n) is 7.02. The van der Waals surface area contributed by atoms with Crippen molar-refractivity contribution in [2.75, 3.05) is 31.8 Å². The van der Waals surface area contributed by atoms with Gasteiger partial charge in [-0.2, -0.15) is 0 Å². The molecule has 1 spiro atoms. The molecule has 2 aliphatic rings. The summed E-state index contributed by atoms with van der Waals surface area (Å²) >= 11 is 0. The summed E-state index contributed by atoms with van der Waals surface area (Å²) in [7, 11) is 1.70. The van der Waals surface area contributed by atoms with E-state index in [1.807, 2.05) is 12.1 Å². The standard InChI is InChI=1S/C19H24N2O2/c1-14-12-19(7-9-23-10-8-19)13-21(14)18-6-4-15-3-5-16(22-2)11-17(15)20-18/h3-6,11,14H,7-10,12-13H2,1-2H3. The van der Waals surface area contributed by atoms with Gasteiger partial charge in [-0.05, 0) is 55.9 Å². The molecule has 23 heavy (non-hydrogen) atoms. The van der Waals surface area contributed by atoms with Crippen LogP contribution < -0.4 is 9.64 Å². The lowest BCUT2D eigenvalue weighted by molar-refractivity contribution is 0.0242. The number of pyridine rings is 1. The highest BCUT2D eigenvalue weighted by molar-refractivity contribution is 5.81. The van der Waals surface area contributed by atoms with Gasteiger partial charge in [-0.3, -0.25) is 0 Å². The number of benzene rings is 1. The molecule has 1 atom stereocenters. The van der Waals surface area contributed by atoms with Gasteiger partial charge < -0.3 is 14.4 Å². The van der Waals surface area contributed by atoms with Crippen LogP contribution in [-0.4, -0.2) is 37.9 Å².